The van der Waals surface area contributed by atoms with Crippen molar-refractivity contribution in [1.29, 1.82) is 0 Å². The highest BCUT2D eigenvalue weighted by molar-refractivity contribution is 7.52. The Hall–Kier alpha value is -3.19. The molecule has 0 radical (unpaired) electrons. The van der Waals surface area contributed by atoms with Crippen LogP contribution in [0.1, 0.15) is 66.2 Å². The van der Waals surface area contributed by atoms with Gasteiger partial charge in [-0.1, -0.05) is 18.9 Å². The molecule has 3 N–H and O–H groups in total. The summed E-state index contributed by atoms with van der Waals surface area (Å²) in [4.78, 5) is 66.8. The molecule has 2 aromatic heterocycles. The SMILES string of the molecule is O=C(N[C@H]1CCCC[C@H]2CCC[C@@H](C(=O)N3CC(n4ccnc4)C3)N2C1=O)c1cc2cc(C(F)(F)P(=O)(O)O)ccc2s1. The van der Waals surface area contributed by atoms with E-state index in [2.05, 4.69) is 10.3 Å². The molecule has 3 aliphatic heterocycles. The van der Waals surface area contributed by atoms with Crippen LogP contribution in [0.3, 0.4) is 0 Å². The molecule has 3 amide bonds. The molecule has 3 fully saturated rings. The highest BCUT2D eigenvalue weighted by Crippen LogP contribution is 2.59. The number of nitrogens with zero attached hydrogens (tertiary/aromatic N) is 4. The topological polar surface area (TPSA) is 145 Å². The van der Waals surface area contributed by atoms with Gasteiger partial charge in [0.2, 0.25) is 11.8 Å². The van der Waals surface area contributed by atoms with Crippen LogP contribution >= 0.6 is 18.9 Å². The molecule has 6 rings (SSSR count). The molecule has 3 atom stereocenters. The average Bonchev–Trinajstić information content (AvgIpc) is 3.62. The molecule has 0 bridgehead atoms. The standard InChI is InChI=1S/C28H32F2N5O6PS/c29-28(30,42(39,40)41)18-8-9-23-17(12-18)13-24(43-23)25(36)32-21-6-2-1-4-19-5-3-7-22(35(19)26(21)37)27(38)34-14-20(15-34)33-11-10-31-16-33/h8-13,16,19-22H,1-7,14-15H2,(H,32,36)(H2,39,40,41)/t19-,21-,22-/m0/s1. The van der Waals surface area contributed by atoms with Crippen molar-refractivity contribution in [3.05, 3.63) is 53.4 Å². The van der Waals surface area contributed by atoms with Crippen LogP contribution in [-0.4, -0.2) is 78.1 Å². The Labute approximate surface area is 250 Å². The van der Waals surface area contributed by atoms with Crippen LogP contribution in [0.4, 0.5) is 8.78 Å². The lowest BCUT2D eigenvalue weighted by molar-refractivity contribution is -0.156. The first kappa shape index (κ1) is 29.9. The van der Waals surface area contributed by atoms with Crippen LogP contribution in [0.25, 0.3) is 10.1 Å². The number of benzene rings is 1. The fraction of sp³-hybridized carbons (Fsp3) is 0.500. The van der Waals surface area contributed by atoms with Crippen LogP contribution in [0.2, 0.25) is 0 Å². The zero-order chi connectivity index (χ0) is 30.5. The summed E-state index contributed by atoms with van der Waals surface area (Å²) in [6.07, 6.45) is 10.3. The maximum Gasteiger partial charge on any atom is 0.399 e. The number of hydrogen-bond acceptors (Lipinski definition) is 6. The Morgan fingerprint density at radius 2 is 1.79 bits per heavy atom. The summed E-state index contributed by atoms with van der Waals surface area (Å²) in [7, 11) is -5.75. The lowest BCUT2D eigenvalue weighted by atomic mass is 9.87. The molecule has 0 saturated carbocycles. The van der Waals surface area contributed by atoms with Gasteiger partial charge in [0, 0.05) is 41.8 Å². The van der Waals surface area contributed by atoms with E-state index >= 15 is 0 Å². The number of aromatic nitrogens is 2. The van der Waals surface area contributed by atoms with E-state index in [4.69, 9.17) is 9.79 Å². The summed E-state index contributed by atoms with van der Waals surface area (Å²) in [6, 6.07) is 3.19. The molecule has 1 aromatic carbocycles. The first-order chi connectivity index (χ1) is 20.4. The van der Waals surface area contributed by atoms with Crippen LogP contribution in [0, 0.1) is 0 Å². The zero-order valence-corrected chi connectivity index (χ0v) is 24.9. The summed E-state index contributed by atoms with van der Waals surface area (Å²) < 4.78 is 42.3. The molecular weight excluding hydrogens is 603 g/mol. The van der Waals surface area contributed by atoms with Gasteiger partial charge in [-0.3, -0.25) is 18.9 Å². The maximum atomic E-state index is 14.3. The number of carbonyl (C=O) groups excluding carboxylic acids is 3. The normalized spacial score (nSPS) is 23.8. The first-order valence-corrected chi connectivity index (χ1v) is 16.7. The molecule has 5 heterocycles. The van der Waals surface area contributed by atoms with Gasteiger partial charge in [0.25, 0.3) is 5.91 Å². The third-order valence-electron chi connectivity index (χ3n) is 8.74. The van der Waals surface area contributed by atoms with E-state index in [1.54, 1.807) is 22.3 Å². The fourth-order valence-electron chi connectivity index (χ4n) is 6.36. The number of carbonyl (C=O) groups is 3. The number of rotatable bonds is 6. The quantitative estimate of drug-likeness (QED) is 0.349. The fourth-order valence-corrected chi connectivity index (χ4v) is 7.79. The van der Waals surface area contributed by atoms with E-state index in [1.807, 2.05) is 10.8 Å². The summed E-state index contributed by atoms with van der Waals surface area (Å²) in [6.45, 7) is 1.10. The summed E-state index contributed by atoms with van der Waals surface area (Å²) in [5.41, 5.74) is -5.22. The Kier molecular flexibility index (Phi) is 7.91. The monoisotopic (exact) mass is 635 g/mol. The molecule has 11 nitrogen and oxygen atoms in total. The number of likely N-dealkylation sites (tertiary alicyclic amines) is 1. The van der Waals surface area contributed by atoms with Gasteiger partial charge in [0.15, 0.2) is 0 Å². The summed E-state index contributed by atoms with van der Waals surface area (Å²) in [5, 5.41) is 3.06. The summed E-state index contributed by atoms with van der Waals surface area (Å²) in [5.74, 6) is -0.911. The molecule has 0 aliphatic carbocycles. The van der Waals surface area contributed by atoms with Crippen molar-refractivity contribution in [1.82, 2.24) is 24.7 Å². The van der Waals surface area contributed by atoms with Crippen molar-refractivity contribution < 1.29 is 37.5 Å². The highest BCUT2D eigenvalue weighted by atomic mass is 32.1. The minimum absolute atomic E-state index is 0.0764. The average molecular weight is 636 g/mol. The van der Waals surface area contributed by atoms with E-state index in [9.17, 15) is 27.7 Å². The number of nitrogens with one attached hydrogen (secondary N) is 1. The van der Waals surface area contributed by atoms with Crippen molar-refractivity contribution >= 4 is 46.7 Å². The number of alkyl halides is 2. The number of piperidine rings is 1. The number of amides is 3. The predicted molar refractivity (Wildman–Crippen MR) is 154 cm³/mol. The molecule has 0 unspecified atom stereocenters. The molecule has 15 heteroatoms. The number of halogens is 2. The molecule has 43 heavy (non-hydrogen) atoms. The van der Waals surface area contributed by atoms with Crippen molar-refractivity contribution in [3.8, 4) is 0 Å². The molecule has 230 valence electrons. The van der Waals surface area contributed by atoms with Crippen LogP contribution < -0.4 is 5.32 Å². The van der Waals surface area contributed by atoms with Crippen molar-refractivity contribution in [2.24, 2.45) is 0 Å². The first-order valence-electron chi connectivity index (χ1n) is 14.3. The van der Waals surface area contributed by atoms with Crippen LogP contribution in [0.15, 0.2) is 43.0 Å². The third-order valence-corrected chi connectivity index (χ3v) is 10.8. The predicted octanol–water partition coefficient (Wildman–Crippen LogP) is 3.83. The lowest BCUT2D eigenvalue weighted by Crippen LogP contribution is -2.64. The van der Waals surface area contributed by atoms with Gasteiger partial charge in [-0.15, -0.1) is 11.3 Å². The van der Waals surface area contributed by atoms with Crippen molar-refractivity contribution in [3.63, 3.8) is 0 Å². The van der Waals surface area contributed by atoms with Gasteiger partial charge in [0.05, 0.1) is 17.2 Å². The second-order valence-corrected chi connectivity index (χ2v) is 14.2. The summed E-state index contributed by atoms with van der Waals surface area (Å²) >= 11 is 1.03. The van der Waals surface area contributed by atoms with E-state index in [1.165, 1.54) is 12.1 Å². The van der Waals surface area contributed by atoms with E-state index in [0.717, 1.165) is 55.6 Å². The Balaban J connectivity index is 1.18. The number of thiophene rings is 1. The van der Waals surface area contributed by atoms with Crippen molar-refractivity contribution in [2.45, 2.75) is 74.8 Å². The Morgan fingerprint density at radius 3 is 2.51 bits per heavy atom. The van der Waals surface area contributed by atoms with Gasteiger partial charge in [-0.2, -0.15) is 8.78 Å². The number of imidazole rings is 1. The van der Waals surface area contributed by atoms with Gasteiger partial charge in [-0.05, 0) is 55.7 Å². The smallest absolute Gasteiger partial charge is 0.340 e. The molecule has 3 aromatic rings. The third kappa shape index (κ3) is 5.61. The Morgan fingerprint density at radius 1 is 1.05 bits per heavy atom. The zero-order valence-electron chi connectivity index (χ0n) is 23.1. The maximum absolute atomic E-state index is 14.3. The number of hydrogen-bond donors (Lipinski definition) is 3. The van der Waals surface area contributed by atoms with E-state index < -0.39 is 36.8 Å². The van der Waals surface area contributed by atoms with Gasteiger partial charge in [0.1, 0.15) is 12.1 Å². The second kappa shape index (κ2) is 11.4. The molecule has 3 aliphatic rings. The highest BCUT2D eigenvalue weighted by Gasteiger charge is 2.50. The molecule has 0 spiro atoms. The lowest BCUT2D eigenvalue weighted by Gasteiger charge is -2.48. The largest absolute Gasteiger partial charge is 0.399 e. The van der Waals surface area contributed by atoms with Gasteiger partial charge >= 0.3 is 13.3 Å². The second-order valence-electron chi connectivity index (χ2n) is 11.5. The van der Waals surface area contributed by atoms with Crippen molar-refractivity contribution in [2.75, 3.05) is 13.1 Å². The van der Waals surface area contributed by atoms with E-state index in [0.29, 0.717) is 30.6 Å². The van der Waals surface area contributed by atoms with Crippen LogP contribution in [-0.2, 0) is 19.8 Å². The number of fused-ring (bicyclic) bond motifs is 2. The van der Waals surface area contributed by atoms with E-state index in [-0.39, 0.29) is 34.2 Å². The minimum atomic E-state index is -5.75. The van der Waals surface area contributed by atoms with Crippen LogP contribution in [0.5, 0.6) is 0 Å². The minimum Gasteiger partial charge on any atom is -0.340 e. The van der Waals surface area contributed by atoms with Gasteiger partial charge in [-0.25, -0.2) is 4.98 Å². The Bertz CT molecular complexity index is 1590. The molecular formula is C28H32F2N5O6PS. The molecule has 3 saturated heterocycles. The van der Waals surface area contributed by atoms with Gasteiger partial charge < -0.3 is 29.5 Å².